The number of amides is 2. The molecule has 6 nitrogen and oxygen atoms in total. The summed E-state index contributed by atoms with van der Waals surface area (Å²) in [6, 6.07) is 17.3. The number of carbonyl (C=O) groups excluding carboxylic acids is 2. The highest BCUT2D eigenvalue weighted by atomic mass is 19.1. The second kappa shape index (κ2) is 9.68. The van der Waals surface area contributed by atoms with E-state index in [9.17, 15) is 18.4 Å². The van der Waals surface area contributed by atoms with Gasteiger partial charge < -0.3 is 19.7 Å². The van der Waals surface area contributed by atoms with E-state index in [0.29, 0.717) is 35.9 Å². The number of hydrogen-bond donors (Lipinski definition) is 1. The lowest BCUT2D eigenvalue weighted by molar-refractivity contribution is -0.138. The van der Waals surface area contributed by atoms with Crippen LogP contribution in [0.4, 0.5) is 14.5 Å². The Labute approximate surface area is 189 Å². The van der Waals surface area contributed by atoms with Crippen molar-refractivity contribution in [1.29, 1.82) is 0 Å². The maximum absolute atomic E-state index is 13.9. The predicted octanol–water partition coefficient (Wildman–Crippen LogP) is 4.41. The topological polar surface area (TPSA) is 67.9 Å². The standard InChI is InChI=1S/C25H22F2N2O4/c1-16-25(31)29(12-13-32-19-6-3-2-4-7-19)15-17-14-18(10-11-22(17)33-16)28-24(30)23-20(26)8-5-9-21(23)27/h2-11,14,16H,12-13,15H2,1H3,(H,28,30). The number of rotatable bonds is 6. The second-order valence-electron chi connectivity index (χ2n) is 7.55. The fourth-order valence-corrected chi connectivity index (χ4v) is 3.57. The quantitative estimate of drug-likeness (QED) is 0.602. The van der Waals surface area contributed by atoms with E-state index in [4.69, 9.17) is 9.47 Å². The van der Waals surface area contributed by atoms with Crippen LogP contribution in [0.15, 0.2) is 66.7 Å². The first-order valence-corrected chi connectivity index (χ1v) is 10.4. The van der Waals surface area contributed by atoms with Crippen molar-refractivity contribution in [3.05, 3.63) is 89.5 Å². The Hall–Kier alpha value is -3.94. The molecule has 1 heterocycles. The smallest absolute Gasteiger partial charge is 0.263 e. The van der Waals surface area contributed by atoms with Crippen molar-refractivity contribution in [1.82, 2.24) is 4.90 Å². The number of hydrogen-bond acceptors (Lipinski definition) is 4. The Balaban J connectivity index is 1.49. The van der Waals surface area contributed by atoms with Gasteiger partial charge in [0.15, 0.2) is 6.10 Å². The Morgan fingerprint density at radius 1 is 1.09 bits per heavy atom. The van der Waals surface area contributed by atoms with Crippen LogP contribution in [-0.4, -0.2) is 36.0 Å². The van der Waals surface area contributed by atoms with Gasteiger partial charge in [-0.15, -0.1) is 0 Å². The number of nitrogens with zero attached hydrogens (tertiary/aromatic N) is 1. The molecular formula is C25H22F2N2O4. The summed E-state index contributed by atoms with van der Waals surface area (Å²) >= 11 is 0. The normalized spacial score (nSPS) is 15.3. The molecule has 0 saturated carbocycles. The molecule has 4 rings (SSSR count). The molecule has 1 aliphatic heterocycles. The van der Waals surface area contributed by atoms with Gasteiger partial charge in [0.05, 0.1) is 6.54 Å². The summed E-state index contributed by atoms with van der Waals surface area (Å²) in [4.78, 5) is 26.8. The molecule has 0 spiro atoms. The lowest BCUT2D eigenvalue weighted by Crippen LogP contribution is -2.40. The van der Waals surface area contributed by atoms with Crippen LogP contribution >= 0.6 is 0 Å². The summed E-state index contributed by atoms with van der Waals surface area (Å²) in [7, 11) is 0. The van der Waals surface area contributed by atoms with E-state index in [1.54, 1.807) is 30.0 Å². The van der Waals surface area contributed by atoms with Gasteiger partial charge in [0, 0.05) is 17.8 Å². The maximum atomic E-state index is 13.9. The number of para-hydroxylation sites is 1. The number of anilines is 1. The van der Waals surface area contributed by atoms with Gasteiger partial charge in [-0.1, -0.05) is 24.3 Å². The first-order chi connectivity index (χ1) is 15.9. The number of halogens is 2. The lowest BCUT2D eigenvalue weighted by Gasteiger charge is -2.22. The minimum absolute atomic E-state index is 0.193. The van der Waals surface area contributed by atoms with Crippen LogP contribution in [0.2, 0.25) is 0 Å². The SMILES string of the molecule is CC1Oc2ccc(NC(=O)c3c(F)cccc3F)cc2CN(CCOc2ccccc2)C1=O. The fraction of sp³-hybridized carbons (Fsp3) is 0.200. The van der Waals surface area contributed by atoms with Crippen molar-refractivity contribution in [2.75, 3.05) is 18.5 Å². The number of benzene rings is 3. The van der Waals surface area contributed by atoms with E-state index >= 15 is 0 Å². The van der Waals surface area contributed by atoms with E-state index in [1.165, 1.54) is 6.07 Å². The third-order valence-electron chi connectivity index (χ3n) is 5.21. The van der Waals surface area contributed by atoms with Gasteiger partial charge in [0.25, 0.3) is 11.8 Å². The van der Waals surface area contributed by atoms with E-state index in [-0.39, 0.29) is 12.5 Å². The van der Waals surface area contributed by atoms with Crippen molar-refractivity contribution >= 4 is 17.5 Å². The number of carbonyl (C=O) groups is 2. The van der Waals surface area contributed by atoms with Crippen molar-refractivity contribution in [3.8, 4) is 11.5 Å². The van der Waals surface area contributed by atoms with Crippen LogP contribution in [0.25, 0.3) is 0 Å². The summed E-state index contributed by atoms with van der Waals surface area (Å²) in [5.41, 5.74) is 0.318. The summed E-state index contributed by atoms with van der Waals surface area (Å²) in [6.07, 6.45) is -0.698. The zero-order valence-corrected chi connectivity index (χ0v) is 17.9. The summed E-state index contributed by atoms with van der Waals surface area (Å²) < 4.78 is 39.4. The van der Waals surface area contributed by atoms with Gasteiger partial charge in [-0.3, -0.25) is 9.59 Å². The highest BCUT2D eigenvalue weighted by Gasteiger charge is 2.28. The van der Waals surface area contributed by atoms with Gasteiger partial charge in [0.2, 0.25) is 0 Å². The van der Waals surface area contributed by atoms with Gasteiger partial charge in [-0.2, -0.15) is 0 Å². The lowest BCUT2D eigenvalue weighted by atomic mass is 10.1. The fourth-order valence-electron chi connectivity index (χ4n) is 3.57. The average molecular weight is 452 g/mol. The van der Waals surface area contributed by atoms with Crippen molar-refractivity contribution in [2.24, 2.45) is 0 Å². The number of fused-ring (bicyclic) bond motifs is 1. The Morgan fingerprint density at radius 3 is 2.55 bits per heavy atom. The number of nitrogens with one attached hydrogen (secondary N) is 1. The minimum Gasteiger partial charge on any atom is -0.492 e. The van der Waals surface area contributed by atoms with Crippen molar-refractivity contribution in [3.63, 3.8) is 0 Å². The summed E-state index contributed by atoms with van der Waals surface area (Å²) in [5, 5.41) is 2.51. The molecule has 3 aromatic rings. The van der Waals surface area contributed by atoms with E-state index in [0.717, 1.165) is 12.1 Å². The molecule has 0 aliphatic carbocycles. The molecule has 2 amide bonds. The largest absolute Gasteiger partial charge is 0.492 e. The van der Waals surface area contributed by atoms with Crippen LogP contribution < -0.4 is 14.8 Å². The molecule has 170 valence electrons. The van der Waals surface area contributed by atoms with Crippen LogP contribution in [0.5, 0.6) is 11.5 Å². The van der Waals surface area contributed by atoms with Gasteiger partial charge in [-0.25, -0.2) is 8.78 Å². The van der Waals surface area contributed by atoms with Crippen LogP contribution in [0.1, 0.15) is 22.8 Å². The Morgan fingerprint density at radius 2 is 1.82 bits per heavy atom. The Bertz CT molecular complexity index is 1150. The molecule has 0 radical (unpaired) electrons. The van der Waals surface area contributed by atoms with Crippen LogP contribution in [0, 0.1) is 11.6 Å². The third-order valence-corrected chi connectivity index (χ3v) is 5.21. The molecule has 0 saturated heterocycles. The summed E-state index contributed by atoms with van der Waals surface area (Å²) in [6.45, 7) is 2.52. The molecular weight excluding hydrogens is 430 g/mol. The van der Waals surface area contributed by atoms with Crippen molar-refractivity contribution < 1.29 is 27.8 Å². The second-order valence-corrected chi connectivity index (χ2v) is 7.55. The molecule has 0 bridgehead atoms. The highest BCUT2D eigenvalue weighted by molar-refractivity contribution is 6.04. The first-order valence-electron chi connectivity index (χ1n) is 10.4. The predicted molar refractivity (Wildman–Crippen MR) is 118 cm³/mol. The monoisotopic (exact) mass is 452 g/mol. The van der Waals surface area contributed by atoms with Crippen LogP contribution in [-0.2, 0) is 11.3 Å². The van der Waals surface area contributed by atoms with E-state index in [1.807, 2.05) is 30.3 Å². The average Bonchev–Trinajstić information content (AvgIpc) is 2.91. The molecule has 1 atom stereocenters. The van der Waals surface area contributed by atoms with Crippen molar-refractivity contribution in [2.45, 2.75) is 19.6 Å². The summed E-state index contributed by atoms with van der Waals surface area (Å²) in [5.74, 6) is -1.80. The Kier molecular flexibility index (Phi) is 6.53. The van der Waals surface area contributed by atoms with Gasteiger partial charge >= 0.3 is 0 Å². The van der Waals surface area contributed by atoms with Gasteiger partial charge in [-0.05, 0) is 49.4 Å². The third kappa shape index (κ3) is 5.11. The number of ether oxygens (including phenoxy) is 2. The molecule has 0 aromatic heterocycles. The zero-order valence-electron chi connectivity index (χ0n) is 17.9. The molecule has 1 aliphatic rings. The minimum atomic E-state index is -0.949. The van der Waals surface area contributed by atoms with Gasteiger partial charge in [0.1, 0.15) is 35.3 Å². The molecule has 3 aromatic carbocycles. The zero-order chi connectivity index (χ0) is 23.4. The van der Waals surface area contributed by atoms with E-state index < -0.39 is 29.2 Å². The van der Waals surface area contributed by atoms with E-state index in [2.05, 4.69) is 5.32 Å². The highest BCUT2D eigenvalue weighted by Crippen LogP contribution is 2.29. The van der Waals surface area contributed by atoms with Crippen LogP contribution in [0.3, 0.4) is 0 Å². The molecule has 0 fully saturated rings. The molecule has 1 N–H and O–H groups in total. The molecule has 8 heteroatoms. The maximum Gasteiger partial charge on any atom is 0.263 e. The molecule has 1 unspecified atom stereocenters. The molecule has 33 heavy (non-hydrogen) atoms. The first kappa shape index (κ1) is 22.3.